The summed E-state index contributed by atoms with van der Waals surface area (Å²) < 4.78 is 108. The van der Waals surface area contributed by atoms with Crippen molar-refractivity contribution in [2.24, 2.45) is 0 Å². The van der Waals surface area contributed by atoms with Gasteiger partial charge < -0.3 is 19.3 Å². The van der Waals surface area contributed by atoms with Crippen LogP contribution < -0.4 is 4.90 Å². The number of hydrogen-bond acceptors (Lipinski definition) is 7. The summed E-state index contributed by atoms with van der Waals surface area (Å²) >= 11 is 0. The maximum absolute atomic E-state index is 14.0. The highest BCUT2D eigenvalue weighted by atomic mass is 19.4. The van der Waals surface area contributed by atoms with E-state index in [-0.39, 0.29) is 18.2 Å². The van der Waals surface area contributed by atoms with Gasteiger partial charge in [-0.15, -0.1) is 5.10 Å². The Morgan fingerprint density at radius 2 is 1.57 bits per heavy atom. The molecule has 0 spiro atoms. The van der Waals surface area contributed by atoms with E-state index in [0.717, 1.165) is 26.2 Å². The highest BCUT2D eigenvalue weighted by molar-refractivity contribution is 5.50. The predicted molar refractivity (Wildman–Crippen MR) is 146 cm³/mol. The second kappa shape index (κ2) is 12.3. The van der Waals surface area contributed by atoms with Gasteiger partial charge >= 0.3 is 12.4 Å². The van der Waals surface area contributed by atoms with Crippen LogP contribution in [-0.2, 0) is 33.9 Å². The number of morpholine rings is 1. The fraction of sp³-hybridized carbons (Fsp3) is 0.517. The van der Waals surface area contributed by atoms with Gasteiger partial charge in [-0.25, -0.2) is 4.39 Å². The van der Waals surface area contributed by atoms with Gasteiger partial charge in [0.25, 0.3) is 0 Å². The summed E-state index contributed by atoms with van der Waals surface area (Å²) in [5.74, 6) is -0.00830. The van der Waals surface area contributed by atoms with Crippen molar-refractivity contribution in [3.05, 3.63) is 76.2 Å². The molecular formula is C29H33F7N6O2. The van der Waals surface area contributed by atoms with E-state index >= 15 is 0 Å². The zero-order valence-electron chi connectivity index (χ0n) is 24.3. The molecule has 0 radical (unpaired) electrons. The minimum atomic E-state index is -5.01. The Balaban J connectivity index is 1.50. The molecule has 1 unspecified atom stereocenters. The first-order valence-corrected chi connectivity index (χ1v) is 14.1. The third-order valence-electron chi connectivity index (χ3n) is 8.26. The minimum absolute atomic E-state index is 0.0736. The summed E-state index contributed by atoms with van der Waals surface area (Å²) in [6.07, 6.45) is -12.5. The molecule has 2 aliphatic rings. The number of nitrogens with zero attached hydrogens (tertiary/aromatic N) is 5. The van der Waals surface area contributed by atoms with E-state index in [1.165, 1.54) is 31.2 Å². The molecule has 1 N–H and O–H groups in total. The van der Waals surface area contributed by atoms with E-state index in [1.807, 2.05) is 11.9 Å². The van der Waals surface area contributed by atoms with Gasteiger partial charge in [0.05, 0.1) is 23.8 Å². The fourth-order valence-corrected chi connectivity index (χ4v) is 5.61. The van der Waals surface area contributed by atoms with Crippen molar-refractivity contribution in [1.29, 1.82) is 0 Å². The number of halogens is 7. The number of likely N-dealkylation sites (N-methyl/N-ethyl adjacent to an activating group) is 1. The summed E-state index contributed by atoms with van der Waals surface area (Å²) in [6.45, 7) is 7.41. The summed E-state index contributed by atoms with van der Waals surface area (Å²) in [4.78, 5) is 6.33. The lowest BCUT2D eigenvalue weighted by atomic mass is 9.87. The van der Waals surface area contributed by atoms with Gasteiger partial charge in [-0.1, -0.05) is 12.1 Å². The topological polar surface area (TPSA) is 69.8 Å². The molecule has 2 saturated heterocycles. The first-order valence-electron chi connectivity index (χ1n) is 14.1. The second-order valence-electron chi connectivity index (χ2n) is 11.3. The Labute approximate surface area is 249 Å². The van der Waals surface area contributed by atoms with Crippen LogP contribution >= 0.6 is 0 Å². The van der Waals surface area contributed by atoms with E-state index in [1.54, 1.807) is 6.92 Å². The van der Waals surface area contributed by atoms with Crippen LogP contribution in [0, 0.1) is 5.82 Å². The van der Waals surface area contributed by atoms with E-state index in [4.69, 9.17) is 9.47 Å². The van der Waals surface area contributed by atoms with Crippen LogP contribution in [0.3, 0.4) is 0 Å². The van der Waals surface area contributed by atoms with Crippen LogP contribution in [0.1, 0.15) is 47.9 Å². The third kappa shape index (κ3) is 6.70. The fourth-order valence-electron chi connectivity index (χ4n) is 5.61. The molecule has 2 aliphatic heterocycles. The molecule has 5 rings (SSSR count). The highest BCUT2D eigenvalue weighted by Gasteiger charge is 2.49. The number of H-pyrrole nitrogens is 1. The van der Waals surface area contributed by atoms with Crippen LogP contribution in [-0.4, -0.2) is 77.9 Å². The average molecular weight is 631 g/mol. The van der Waals surface area contributed by atoms with Crippen molar-refractivity contribution in [2.75, 3.05) is 51.3 Å². The molecule has 44 heavy (non-hydrogen) atoms. The van der Waals surface area contributed by atoms with Crippen molar-refractivity contribution in [3.8, 4) is 0 Å². The first kappa shape index (κ1) is 32.1. The van der Waals surface area contributed by atoms with Crippen molar-refractivity contribution in [3.63, 3.8) is 0 Å². The zero-order valence-corrected chi connectivity index (χ0v) is 24.3. The number of anilines is 1. The number of rotatable bonds is 7. The maximum Gasteiger partial charge on any atom is 0.416 e. The van der Waals surface area contributed by atoms with Crippen molar-refractivity contribution in [2.45, 2.75) is 50.7 Å². The monoisotopic (exact) mass is 630 g/mol. The molecule has 15 heteroatoms. The molecule has 240 valence electrons. The van der Waals surface area contributed by atoms with E-state index in [9.17, 15) is 30.7 Å². The van der Waals surface area contributed by atoms with E-state index in [0.29, 0.717) is 42.3 Å². The summed E-state index contributed by atoms with van der Waals surface area (Å²) in [5.41, 5.74) is -3.29. The normalized spacial score (nSPS) is 23.2. The summed E-state index contributed by atoms with van der Waals surface area (Å²) in [7, 11) is 2.05. The Kier molecular flexibility index (Phi) is 8.95. The highest BCUT2D eigenvalue weighted by Crippen LogP contribution is 2.43. The first-order chi connectivity index (χ1) is 20.7. The molecule has 0 aliphatic carbocycles. The number of benzene rings is 2. The molecule has 3 atom stereocenters. The summed E-state index contributed by atoms with van der Waals surface area (Å²) in [5, 5.41) is 11.5. The van der Waals surface area contributed by atoms with Gasteiger partial charge in [-0.05, 0) is 62.4 Å². The molecule has 3 aromatic rings. The van der Waals surface area contributed by atoms with Crippen molar-refractivity contribution < 1.29 is 40.2 Å². The molecule has 1 aromatic heterocycles. The average Bonchev–Trinajstić information content (AvgIpc) is 3.42. The molecule has 2 fully saturated rings. The zero-order chi connectivity index (χ0) is 31.9. The number of aromatic amines is 1. The quantitative estimate of drug-likeness (QED) is 0.342. The molecule has 0 bridgehead atoms. The molecule has 3 heterocycles. The Bertz CT molecular complexity index is 1390. The predicted octanol–water partition coefficient (Wildman–Crippen LogP) is 5.58. The maximum atomic E-state index is 14.0. The molecule has 8 nitrogen and oxygen atoms in total. The van der Waals surface area contributed by atoms with Crippen LogP contribution in [0.25, 0.3) is 0 Å². The van der Waals surface area contributed by atoms with Crippen molar-refractivity contribution in [1.82, 2.24) is 25.2 Å². The van der Waals surface area contributed by atoms with Gasteiger partial charge in [0, 0.05) is 39.3 Å². The number of nitrogens with one attached hydrogen (secondary N) is 1. The van der Waals surface area contributed by atoms with Crippen LogP contribution in [0.2, 0.25) is 0 Å². The van der Waals surface area contributed by atoms with Gasteiger partial charge in [0.2, 0.25) is 0 Å². The molecule has 0 amide bonds. The minimum Gasteiger partial charge on any atom is -0.348 e. The van der Waals surface area contributed by atoms with Crippen molar-refractivity contribution >= 4 is 5.82 Å². The van der Waals surface area contributed by atoms with Crippen LogP contribution in [0.5, 0.6) is 0 Å². The lowest BCUT2D eigenvalue weighted by Crippen LogP contribution is -2.60. The number of alkyl halides is 6. The van der Waals surface area contributed by atoms with Gasteiger partial charge in [0.15, 0.2) is 12.1 Å². The SMILES string of the molecule is CC(O[C@H]1OCCN(c2n[nH]nc2CN2CCN(C)CC2)[C@@]1(C)c1ccc(F)cc1)c1cc(C(F)(F)F)cc(C(F)(F)F)c1. The van der Waals surface area contributed by atoms with Gasteiger partial charge in [-0.3, -0.25) is 4.90 Å². The van der Waals surface area contributed by atoms with Crippen LogP contribution in [0.15, 0.2) is 42.5 Å². The Morgan fingerprint density at radius 1 is 0.955 bits per heavy atom. The largest absolute Gasteiger partial charge is 0.416 e. The lowest BCUT2D eigenvalue weighted by Gasteiger charge is -2.50. The third-order valence-corrected chi connectivity index (χ3v) is 8.26. The molecule has 2 aromatic carbocycles. The van der Waals surface area contributed by atoms with E-state index < -0.39 is 47.2 Å². The Hall–Kier alpha value is -3.27. The van der Waals surface area contributed by atoms with Crippen LogP contribution in [0.4, 0.5) is 36.6 Å². The lowest BCUT2D eigenvalue weighted by molar-refractivity contribution is -0.217. The van der Waals surface area contributed by atoms with Gasteiger partial charge in [0.1, 0.15) is 17.1 Å². The number of ether oxygens (including phenoxy) is 2. The Morgan fingerprint density at radius 3 is 2.16 bits per heavy atom. The summed E-state index contributed by atoms with van der Waals surface area (Å²) in [6, 6.07) is 6.93. The number of piperazine rings is 1. The number of hydrogen-bond donors (Lipinski definition) is 1. The smallest absolute Gasteiger partial charge is 0.348 e. The van der Waals surface area contributed by atoms with Gasteiger partial charge in [-0.2, -0.15) is 36.7 Å². The molecular weight excluding hydrogens is 597 g/mol. The van der Waals surface area contributed by atoms with E-state index in [2.05, 4.69) is 25.2 Å². The molecule has 0 saturated carbocycles. The number of aromatic nitrogens is 3. The second-order valence-corrected chi connectivity index (χ2v) is 11.3. The standard InChI is InChI=1S/C29H33F7N6O2/c1-18(19-14-21(28(31,32)33)16-22(15-19)29(34,35)36)44-26-27(2,20-4-6-23(30)7-5-20)42(12-13-43-26)25-24(37-39-38-25)17-41-10-8-40(3)9-11-41/h4-7,14-16,18,26H,8-13,17H2,1-3H3,(H,37,38,39)/t18?,26-,27+/m1/s1.